The van der Waals surface area contributed by atoms with Gasteiger partial charge in [0.1, 0.15) is 0 Å². The first kappa shape index (κ1) is 19.4. The molecule has 1 amide bonds. The summed E-state index contributed by atoms with van der Waals surface area (Å²) in [5, 5.41) is 9.94. The van der Waals surface area contributed by atoms with Gasteiger partial charge in [-0.05, 0) is 12.5 Å². The summed E-state index contributed by atoms with van der Waals surface area (Å²) < 4.78 is 0. The Labute approximate surface area is 111 Å². The molecule has 0 aromatic heterocycles. The molecule has 0 aliphatic rings. The number of carbonyl (C=O) groups is 1. The van der Waals surface area contributed by atoms with Crippen molar-refractivity contribution < 1.29 is 10.0 Å². The van der Waals surface area contributed by atoms with Crippen molar-refractivity contribution in [3.05, 3.63) is 12.7 Å². The summed E-state index contributed by atoms with van der Waals surface area (Å²) in [4.78, 5) is 10.9. The van der Waals surface area contributed by atoms with E-state index in [1.54, 1.807) is 0 Å². The minimum absolute atomic E-state index is 0.414. The van der Waals surface area contributed by atoms with Gasteiger partial charge >= 0.3 is 0 Å². The first-order chi connectivity index (χ1) is 8.72. The summed E-state index contributed by atoms with van der Waals surface area (Å²) >= 11 is 0. The zero-order valence-corrected chi connectivity index (χ0v) is 11.6. The predicted octanol–water partition coefficient (Wildman–Crippen LogP) is 2.35. The van der Waals surface area contributed by atoms with Crippen molar-refractivity contribution in [1.29, 1.82) is 0 Å². The lowest BCUT2D eigenvalue weighted by Gasteiger charge is -2.11. The second-order valence-electron chi connectivity index (χ2n) is 4.14. The first-order valence-electron chi connectivity index (χ1n) is 6.68. The van der Waals surface area contributed by atoms with Gasteiger partial charge in [0.25, 0.3) is 5.91 Å². The van der Waals surface area contributed by atoms with Crippen molar-refractivity contribution in [2.75, 3.05) is 6.54 Å². The molecular weight excluding hydrogens is 230 g/mol. The number of hydrazine groups is 1. The second kappa shape index (κ2) is 16.1. The van der Waals surface area contributed by atoms with E-state index in [0.29, 0.717) is 6.54 Å². The number of nitrogens with two attached hydrogens (primary N) is 2. The van der Waals surface area contributed by atoms with Crippen LogP contribution in [0.2, 0.25) is 0 Å². The van der Waals surface area contributed by atoms with Crippen LogP contribution in [0.4, 0.5) is 0 Å². The van der Waals surface area contributed by atoms with Gasteiger partial charge in [-0.25, -0.2) is 5.06 Å². The van der Waals surface area contributed by atoms with Gasteiger partial charge in [-0.15, -0.1) is 0 Å². The third kappa shape index (κ3) is 13.2. The van der Waals surface area contributed by atoms with E-state index in [9.17, 15) is 10.0 Å². The highest BCUT2D eigenvalue weighted by molar-refractivity contribution is 5.85. The van der Waals surface area contributed by atoms with Crippen LogP contribution in [0, 0.1) is 0 Å². The third-order valence-corrected chi connectivity index (χ3v) is 2.65. The minimum atomic E-state index is -0.414. The van der Waals surface area contributed by atoms with Gasteiger partial charge in [0.2, 0.25) is 0 Å². The molecule has 5 nitrogen and oxygen atoms in total. The number of unbranched alkanes of at least 4 members (excludes halogenated alkanes) is 7. The number of rotatable bonds is 10. The van der Waals surface area contributed by atoms with E-state index in [0.717, 1.165) is 24.0 Å². The van der Waals surface area contributed by atoms with Gasteiger partial charge in [-0.1, -0.05) is 58.4 Å². The van der Waals surface area contributed by atoms with E-state index in [1.807, 2.05) is 0 Å². The van der Waals surface area contributed by atoms with Crippen molar-refractivity contribution in [2.45, 2.75) is 58.3 Å². The molecule has 0 fully saturated rings. The molecular formula is C13H29N3O2. The Morgan fingerprint density at radius 1 is 1.11 bits per heavy atom. The van der Waals surface area contributed by atoms with Gasteiger partial charge < -0.3 is 0 Å². The molecule has 0 heterocycles. The number of hydrogen-bond donors (Lipinski definition) is 3. The molecule has 0 aromatic carbocycles. The van der Waals surface area contributed by atoms with Crippen LogP contribution in [-0.4, -0.2) is 22.7 Å². The van der Waals surface area contributed by atoms with Crippen LogP contribution in [0.3, 0.4) is 0 Å². The summed E-state index contributed by atoms with van der Waals surface area (Å²) in [6.07, 6.45) is 10.8. The number of hydroxylamine groups is 2. The van der Waals surface area contributed by atoms with Gasteiger partial charge in [0, 0.05) is 6.54 Å². The molecule has 0 atom stereocenters. The Morgan fingerprint density at radius 2 is 1.56 bits per heavy atom. The maximum absolute atomic E-state index is 10.9. The number of amides is 1. The smallest absolute Gasteiger partial charge is 0.269 e. The molecule has 0 saturated carbocycles. The highest BCUT2D eigenvalue weighted by atomic mass is 16.5. The summed E-state index contributed by atoms with van der Waals surface area (Å²) in [7, 11) is 0. The summed E-state index contributed by atoms with van der Waals surface area (Å²) in [5.74, 6) is 7.59. The summed E-state index contributed by atoms with van der Waals surface area (Å²) in [6.45, 7) is 5.95. The molecule has 5 heteroatoms. The maximum atomic E-state index is 10.9. The summed E-state index contributed by atoms with van der Waals surface area (Å²) in [5.41, 5.74) is 0. The molecule has 0 aliphatic heterocycles. The molecule has 0 rings (SSSR count). The second-order valence-corrected chi connectivity index (χ2v) is 4.14. The third-order valence-electron chi connectivity index (χ3n) is 2.65. The lowest BCUT2D eigenvalue weighted by Crippen LogP contribution is -2.26. The number of nitrogens with zero attached hydrogens (tertiary/aromatic N) is 1. The monoisotopic (exact) mass is 259 g/mol. The van der Waals surface area contributed by atoms with Crippen molar-refractivity contribution >= 4 is 5.91 Å². The highest BCUT2D eigenvalue weighted by Gasteiger charge is 2.04. The lowest BCUT2D eigenvalue weighted by molar-refractivity contribution is -0.159. The highest BCUT2D eigenvalue weighted by Crippen LogP contribution is 2.08. The van der Waals surface area contributed by atoms with E-state index < -0.39 is 5.91 Å². The van der Waals surface area contributed by atoms with Crippen LogP contribution in [-0.2, 0) is 4.79 Å². The molecule has 0 aromatic rings. The largest absolute Gasteiger partial charge is 0.286 e. The van der Waals surface area contributed by atoms with Gasteiger partial charge in [0.15, 0.2) is 0 Å². The standard InChI is InChI=1S/C13H25NO2.H4N2/c1-3-5-6-7-8-9-10-11-12-14(16)13(15)4-2;1-2/h4,16H,2-3,5-12H2,1H3;1-2H2. The van der Waals surface area contributed by atoms with Gasteiger partial charge in [0.05, 0.1) is 0 Å². The first-order valence-corrected chi connectivity index (χ1v) is 6.68. The van der Waals surface area contributed by atoms with Crippen molar-refractivity contribution in [3.8, 4) is 0 Å². The fourth-order valence-corrected chi connectivity index (χ4v) is 1.61. The number of carbonyl (C=O) groups excluding carboxylic acids is 1. The van der Waals surface area contributed by atoms with E-state index in [2.05, 4.69) is 25.2 Å². The molecule has 5 N–H and O–H groups in total. The van der Waals surface area contributed by atoms with Crippen LogP contribution in [0.15, 0.2) is 12.7 Å². The van der Waals surface area contributed by atoms with E-state index in [1.165, 1.54) is 38.5 Å². The van der Waals surface area contributed by atoms with E-state index in [4.69, 9.17) is 0 Å². The predicted molar refractivity (Wildman–Crippen MR) is 74.7 cm³/mol. The Hall–Kier alpha value is -0.910. The van der Waals surface area contributed by atoms with Gasteiger partial charge in [-0.3, -0.25) is 21.7 Å². The Balaban J connectivity index is 0. The Morgan fingerprint density at radius 3 is 2.00 bits per heavy atom. The van der Waals surface area contributed by atoms with Crippen molar-refractivity contribution in [1.82, 2.24) is 5.06 Å². The molecule has 0 saturated heterocycles. The topological polar surface area (TPSA) is 92.6 Å². The minimum Gasteiger partial charge on any atom is -0.286 e. The maximum Gasteiger partial charge on any atom is 0.269 e. The lowest BCUT2D eigenvalue weighted by atomic mass is 10.1. The fourth-order valence-electron chi connectivity index (χ4n) is 1.61. The zero-order chi connectivity index (χ0) is 14.2. The molecule has 18 heavy (non-hydrogen) atoms. The van der Waals surface area contributed by atoms with Crippen LogP contribution >= 0.6 is 0 Å². The summed E-state index contributed by atoms with van der Waals surface area (Å²) in [6, 6.07) is 0. The quantitative estimate of drug-likeness (QED) is 0.185. The molecule has 0 spiro atoms. The Bertz CT molecular complexity index is 199. The molecule has 0 aliphatic carbocycles. The average molecular weight is 259 g/mol. The van der Waals surface area contributed by atoms with E-state index >= 15 is 0 Å². The average Bonchev–Trinajstić information content (AvgIpc) is 2.42. The van der Waals surface area contributed by atoms with Crippen LogP contribution in [0.25, 0.3) is 0 Å². The van der Waals surface area contributed by atoms with Crippen LogP contribution in [0.1, 0.15) is 58.3 Å². The molecule has 0 bridgehead atoms. The fraction of sp³-hybridized carbons (Fsp3) is 0.769. The molecule has 108 valence electrons. The normalized spacial score (nSPS) is 9.33. The SMILES string of the molecule is C=CC(=O)N(O)CCCCCCCCCC.NN. The molecule has 0 radical (unpaired) electrons. The zero-order valence-electron chi connectivity index (χ0n) is 11.6. The van der Waals surface area contributed by atoms with Crippen LogP contribution < -0.4 is 11.7 Å². The number of hydrogen-bond acceptors (Lipinski definition) is 4. The Kier molecular flexibility index (Phi) is 17.4. The molecule has 0 unspecified atom stereocenters. The van der Waals surface area contributed by atoms with E-state index in [-0.39, 0.29) is 0 Å². The van der Waals surface area contributed by atoms with Crippen molar-refractivity contribution in [2.24, 2.45) is 11.7 Å². The van der Waals surface area contributed by atoms with Crippen LogP contribution in [0.5, 0.6) is 0 Å². The van der Waals surface area contributed by atoms with Gasteiger partial charge in [-0.2, -0.15) is 0 Å². The van der Waals surface area contributed by atoms with Crippen molar-refractivity contribution in [3.63, 3.8) is 0 Å².